The number of aliphatic carboxylic acids is 1. The molecule has 0 saturated carbocycles. The van der Waals surface area contributed by atoms with Crippen molar-refractivity contribution in [1.29, 1.82) is 0 Å². The summed E-state index contributed by atoms with van der Waals surface area (Å²) in [6.07, 6.45) is -4.38. The monoisotopic (exact) mass is 486 g/mol. The predicted octanol–water partition coefficient (Wildman–Crippen LogP) is 7.54. The van der Waals surface area contributed by atoms with E-state index in [9.17, 15) is 18.0 Å². The summed E-state index contributed by atoms with van der Waals surface area (Å²) in [5, 5.41) is 9.35. The quantitative estimate of drug-likeness (QED) is 0.333. The van der Waals surface area contributed by atoms with E-state index in [-0.39, 0.29) is 5.75 Å². The van der Waals surface area contributed by atoms with Gasteiger partial charge in [0, 0.05) is 27.5 Å². The Morgan fingerprint density at radius 2 is 1.81 bits per heavy atom. The summed E-state index contributed by atoms with van der Waals surface area (Å²) in [5.74, 6) is 1.51. The number of aryl methyl sites for hydroxylation is 1. The van der Waals surface area contributed by atoms with Crippen molar-refractivity contribution >= 4 is 41.1 Å². The van der Waals surface area contributed by atoms with Gasteiger partial charge in [0.2, 0.25) is 0 Å². The normalized spacial score (nSPS) is 11.6. The van der Waals surface area contributed by atoms with Crippen molar-refractivity contribution in [3.63, 3.8) is 0 Å². The van der Waals surface area contributed by atoms with Crippen LogP contribution >= 0.6 is 35.1 Å². The molecule has 9 heteroatoms. The lowest BCUT2D eigenvalue weighted by molar-refractivity contribution is -0.137. The van der Waals surface area contributed by atoms with E-state index in [0.717, 1.165) is 28.2 Å². The molecule has 0 aliphatic rings. The van der Waals surface area contributed by atoms with E-state index in [0.29, 0.717) is 33.6 Å². The second-order valence-electron chi connectivity index (χ2n) is 6.71. The largest absolute Gasteiger partial charge is 0.481 e. The molecule has 2 aromatic carbocycles. The average molecular weight is 487 g/mol. The van der Waals surface area contributed by atoms with Crippen molar-refractivity contribution in [1.82, 2.24) is 0 Å². The molecule has 0 bridgehead atoms. The molecule has 0 aliphatic heterocycles. The van der Waals surface area contributed by atoms with Crippen molar-refractivity contribution in [2.45, 2.75) is 29.5 Å². The first-order valence-corrected chi connectivity index (χ1v) is 11.6. The third-order valence-electron chi connectivity index (χ3n) is 4.39. The van der Waals surface area contributed by atoms with Gasteiger partial charge in [0.1, 0.15) is 11.5 Å². The van der Waals surface area contributed by atoms with Gasteiger partial charge in [-0.2, -0.15) is 13.2 Å². The predicted molar refractivity (Wildman–Crippen MR) is 119 cm³/mol. The topological polar surface area (TPSA) is 50.4 Å². The molecule has 0 aliphatic carbocycles. The molecule has 0 amide bonds. The molecule has 0 radical (unpaired) electrons. The number of hydrogen-bond donors (Lipinski definition) is 1. The smallest absolute Gasteiger partial charge is 0.416 e. The number of carboxylic acid groups (broad SMARTS) is 1. The molecule has 0 atom stereocenters. The summed E-state index contributed by atoms with van der Waals surface area (Å²) in [6.45, 7) is 1.81. The zero-order chi connectivity index (χ0) is 22.6. The Bertz CT molecular complexity index is 1060. The van der Waals surface area contributed by atoms with E-state index >= 15 is 0 Å². The van der Waals surface area contributed by atoms with Crippen LogP contribution in [0.15, 0.2) is 57.8 Å². The number of furan rings is 1. The van der Waals surface area contributed by atoms with Gasteiger partial charge >= 0.3 is 12.1 Å². The molecule has 1 aromatic heterocycles. The van der Waals surface area contributed by atoms with Crippen LogP contribution in [0.25, 0.3) is 11.3 Å². The van der Waals surface area contributed by atoms with Crippen LogP contribution < -0.4 is 0 Å². The highest BCUT2D eigenvalue weighted by Crippen LogP contribution is 2.35. The molecule has 0 spiro atoms. The standard InChI is InChI=1S/C22H18ClF3O3S2/c1-13-16(9-19(29-13)15-3-5-17(6-4-15)22(24,25)26)11-31-20-8-14(2-7-18(20)23)10-30-12-21(27)28/h2-9H,10-12H2,1H3,(H,27,28). The van der Waals surface area contributed by atoms with E-state index in [2.05, 4.69) is 0 Å². The van der Waals surface area contributed by atoms with Crippen molar-refractivity contribution in [3.05, 3.63) is 76.0 Å². The highest BCUT2D eigenvalue weighted by Gasteiger charge is 2.30. The summed E-state index contributed by atoms with van der Waals surface area (Å²) in [6, 6.07) is 12.3. The molecular formula is C22H18ClF3O3S2. The SMILES string of the molecule is Cc1oc(-c2ccc(C(F)(F)F)cc2)cc1CSc1cc(CSCC(=O)O)ccc1Cl. The Morgan fingerprint density at radius 3 is 2.45 bits per heavy atom. The zero-order valence-corrected chi connectivity index (χ0v) is 18.7. The first-order valence-electron chi connectivity index (χ1n) is 9.11. The van der Waals surface area contributed by atoms with Crippen LogP contribution in [0.4, 0.5) is 13.2 Å². The first kappa shape index (κ1) is 23.6. The Morgan fingerprint density at radius 1 is 1.10 bits per heavy atom. The lowest BCUT2D eigenvalue weighted by Crippen LogP contribution is -2.03. The number of hydrogen-bond acceptors (Lipinski definition) is 4. The van der Waals surface area contributed by atoms with Crippen LogP contribution in [-0.2, 0) is 22.5 Å². The van der Waals surface area contributed by atoms with Crippen LogP contribution in [0.2, 0.25) is 5.02 Å². The maximum Gasteiger partial charge on any atom is 0.416 e. The van der Waals surface area contributed by atoms with Crippen molar-refractivity contribution in [2.75, 3.05) is 5.75 Å². The van der Waals surface area contributed by atoms with Gasteiger partial charge in [0.05, 0.1) is 16.3 Å². The van der Waals surface area contributed by atoms with Gasteiger partial charge in [0.15, 0.2) is 0 Å². The van der Waals surface area contributed by atoms with E-state index in [4.69, 9.17) is 21.1 Å². The molecule has 3 aromatic rings. The number of alkyl halides is 3. The molecule has 164 valence electrons. The van der Waals surface area contributed by atoms with Crippen molar-refractivity contribution in [3.8, 4) is 11.3 Å². The number of carboxylic acids is 1. The van der Waals surface area contributed by atoms with Gasteiger partial charge in [-0.05, 0) is 42.8 Å². The number of carbonyl (C=O) groups is 1. The number of rotatable bonds is 8. The minimum absolute atomic E-state index is 0.0338. The van der Waals surface area contributed by atoms with Crippen LogP contribution in [0.3, 0.4) is 0 Å². The third kappa shape index (κ3) is 6.48. The molecule has 1 heterocycles. The Kier molecular flexibility index (Phi) is 7.67. The van der Waals surface area contributed by atoms with Gasteiger partial charge in [0.25, 0.3) is 0 Å². The van der Waals surface area contributed by atoms with Gasteiger partial charge in [-0.1, -0.05) is 29.8 Å². The summed E-state index contributed by atoms with van der Waals surface area (Å²) in [4.78, 5) is 11.5. The Balaban J connectivity index is 1.69. The maximum absolute atomic E-state index is 12.8. The summed E-state index contributed by atoms with van der Waals surface area (Å²) >= 11 is 9.13. The van der Waals surface area contributed by atoms with Crippen LogP contribution in [0.5, 0.6) is 0 Å². The molecule has 0 saturated heterocycles. The highest BCUT2D eigenvalue weighted by molar-refractivity contribution is 7.99. The summed E-state index contributed by atoms with van der Waals surface area (Å²) < 4.78 is 44.0. The van der Waals surface area contributed by atoms with Crippen molar-refractivity contribution in [2.24, 2.45) is 0 Å². The minimum Gasteiger partial charge on any atom is -0.481 e. The van der Waals surface area contributed by atoms with Crippen LogP contribution in [0.1, 0.15) is 22.5 Å². The number of halogens is 4. The highest BCUT2D eigenvalue weighted by atomic mass is 35.5. The van der Waals surface area contributed by atoms with Gasteiger partial charge in [-0.15, -0.1) is 23.5 Å². The summed E-state index contributed by atoms with van der Waals surface area (Å²) in [7, 11) is 0. The fraction of sp³-hybridized carbons (Fsp3) is 0.227. The fourth-order valence-corrected chi connectivity index (χ4v) is 4.80. The molecule has 0 unspecified atom stereocenters. The van der Waals surface area contributed by atoms with E-state index in [1.807, 2.05) is 25.1 Å². The van der Waals surface area contributed by atoms with Gasteiger partial charge < -0.3 is 9.52 Å². The van der Waals surface area contributed by atoms with E-state index < -0.39 is 17.7 Å². The first-order chi connectivity index (χ1) is 14.6. The Labute approximate surface area is 191 Å². The summed E-state index contributed by atoms with van der Waals surface area (Å²) in [5.41, 5.74) is 1.77. The van der Waals surface area contributed by atoms with E-state index in [1.54, 1.807) is 6.07 Å². The second kappa shape index (κ2) is 10.1. The molecule has 31 heavy (non-hydrogen) atoms. The Hall–Kier alpha value is -2.03. The maximum atomic E-state index is 12.8. The average Bonchev–Trinajstić information content (AvgIpc) is 3.08. The molecule has 1 N–H and O–H groups in total. The van der Waals surface area contributed by atoms with Crippen LogP contribution in [0, 0.1) is 6.92 Å². The number of thioether (sulfide) groups is 2. The fourth-order valence-electron chi connectivity index (χ4n) is 2.79. The van der Waals surface area contributed by atoms with Crippen LogP contribution in [-0.4, -0.2) is 16.8 Å². The molecule has 0 fully saturated rings. The minimum atomic E-state index is -4.38. The van der Waals surface area contributed by atoms with Crippen molar-refractivity contribution < 1.29 is 27.5 Å². The second-order valence-corrected chi connectivity index (χ2v) is 9.12. The van der Waals surface area contributed by atoms with E-state index in [1.165, 1.54) is 35.7 Å². The lowest BCUT2D eigenvalue weighted by Gasteiger charge is -2.07. The van der Waals surface area contributed by atoms with Gasteiger partial charge in [-0.3, -0.25) is 4.79 Å². The molecule has 3 rings (SSSR count). The number of benzene rings is 2. The molecule has 3 nitrogen and oxygen atoms in total. The van der Waals surface area contributed by atoms with Gasteiger partial charge in [-0.25, -0.2) is 0 Å². The third-order valence-corrected chi connectivity index (χ3v) is 6.92. The molecular weight excluding hydrogens is 469 g/mol. The zero-order valence-electron chi connectivity index (χ0n) is 16.3. The lowest BCUT2D eigenvalue weighted by atomic mass is 10.1.